The van der Waals surface area contributed by atoms with Gasteiger partial charge in [-0.3, -0.25) is 0 Å². The summed E-state index contributed by atoms with van der Waals surface area (Å²) in [6.45, 7) is 0. The summed E-state index contributed by atoms with van der Waals surface area (Å²) in [6.07, 6.45) is -10.9. The highest BCUT2D eigenvalue weighted by molar-refractivity contribution is 7.89. The predicted octanol–water partition coefficient (Wildman–Crippen LogP) is 6.33. The Kier molecular flexibility index (Phi) is 7.03. The fourth-order valence-electron chi connectivity index (χ4n) is 3.68. The number of sulfonamides is 1. The number of benzene rings is 3. The molecule has 15 heteroatoms. The van der Waals surface area contributed by atoms with Crippen molar-refractivity contribution in [1.29, 1.82) is 0 Å². The molecule has 2 N–H and O–H groups in total. The first-order valence-electron chi connectivity index (χ1n) is 9.76. The number of hydrogen-bond acceptors (Lipinski definition) is 3. The molecule has 0 aliphatic rings. The van der Waals surface area contributed by atoms with Gasteiger partial charge in [0.15, 0.2) is 23.3 Å². The van der Waals surface area contributed by atoms with E-state index in [9.17, 15) is 52.3 Å². The Balaban J connectivity index is 2.53. The molecule has 3 rings (SSSR count). The van der Waals surface area contributed by atoms with Crippen LogP contribution in [-0.4, -0.2) is 22.5 Å². The third-order valence-electron chi connectivity index (χ3n) is 5.20. The van der Waals surface area contributed by atoms with Crippen molar-refractivity contribution in [2.45, 2.75) is 17.2 Å². The van der Waals surface area contributed by atoms with Crippen LogP contribution < -0.4 is 10.0 Å². The summed E-state index contributed by atoms with van der Waals surface area (Å²) >= 11 is 0. The molecule has 200 valence electrons. The number of primary sulfonamides is 1. The number of hydrogen-bond donors (Lipinski definition) is 1. The van der Waals surface area contributed by atoms with E-state index in [2.05, 4.69) is 0 Å². The van der Waals surface area contributed by atoms with E-state index in [0.29, 0.717) is 4.90 Å². The summed E-state index contributed by atoms with van der Waals surface area (Å²) in [5.74, 6) is -9.31. The maximum absolute atomic E-state index is 15.0. The lowest BCUT2D eigenvalue weighted by atomic mass is 9.90. The highest BCUT2D eigenvalue weighted by atomic mass is 32.2. The fourth-order valence-corrected chi connectivity index (χ4v) is 4.19. The summed E-state index contributed by atoms with van der Waals surface area (Å²) in [5.41, 5.74) is -9.77. The van der Waals surface area contributed by atoms with Crippen molar-refractivity contribution < 1.29 is 52.3 Å². The van der Waals surface area contributed by atoms with Gasteiger partial charge in [-0.25, -0.2) is 31.1 Å². The minimum Gasteiger partial charge on any atom is -0.377 e. The minimum absolute atomic E-state index is 0.0436. The molecular weight excluding hydrogens is 546 g/mol. The summed E-state index contributed by atoms with van der Waals surface area (Å²) in [6, 6.07) is 3.04. The maximum Gasteiger partial charge on any atom is 0.418 e. The number of rotatable bonds is 4. The second-order valence-electron chi connectivity index (χ2n) is 7.89. The molecule has 0 radical (unpaired) electrons. The van der Waals surface area contributed by atoms with Crippen LogP contribution in [0.3, 0.4) is 0 Å². The van der Waals surface area contributed by atoms with E-state index in [4.69, 9.17) is 5.14 Å². The quantitative estimate of drug-likeness (QED) is 0.231. The zero-order chi connectivity index (χ0) is 28.2. The lowest BCUT2D eigenvalue weighted by Gasteiger charge is -2.26. The standard InChI is InChI=1S/C22H14F10N2O2S/c1-34(2)20-12(21(27,28)29)7-10(8-13(20)22(30,31)32)15-14(16(23)18(25)19(26)17(15)24)9-3-5-11(6-4-9)37(33,35)36/h3-8H,1-2H3,(H2,33,35,36). The Labute approximate surface area is 203 Å². The van der Waals surface area contributed by atoms with E-state index in [-0.39, 0.29) is 12.1 Å². The summed E-state index contributed by atoms with van der Waals surface area (Å²) in [7, 11) is -2.54. The van der Waals surface area contributed by atoms with Crippen LogP contribution in [-0.2, 0) is 22.4 Å². The molecule has 0 bridgehead atoms. The number of halogens is 10. The van der Waals surface area contributed by atoms with Gasteiger partial charge in [0, 0.05) is 25.2 Å². The molecular formula is C22H14F10N2O2S. The van der Waals surface area contributed by atoms with Crippen LogP contribution >= 0.6 is 0 Å². The molecule has 0 amide bonds. The van der Waals surface area contributed by atoms with E-state index in [1.54, 1.807) is 0 Å². The van der Waals surface area contributed by atoms with E-state index in [1.165, 1.54) is 0 Å². The molecule has 0 heterocycles. The Morgan fingerprint density at radius 1 is 0.676 bits per heavy atom. The average molecular weight is 560 g/mol. The average Bonchev–Trinajstić information content (AvgIpc) is 2.77. The van der Waals surface area contributed by atoms with Gasteiger partial charge in [0.2, 0.25) is 10.0 Å². The second-order valence-corrected chi connectivity index (χ2v) is 9.45. The Morgan fingerprint density at radius 2 is 1.05 bits per heavy atom. The Bertz CT molecular complexity index is 1440. The number of anilines is 1. The predicted molar refractivity (Wildman–Crippen MR) is 113 cm³/mol. The van der Waals surface area contributed by atoms with E-state index >= 15 is 0 Å². The third kappa shape index (κ3) is 5.23. The first-order chi connectivity index (χ1) is 16.8. The normalized spacial score (nSPS) is 12.7. The molecule has 0 saturated carbocycles. The molecule has 0 aliphatic carbocycles. The van der Waals surface area contributed by atoms with E-state index in [0.717, 1.165) is 38.4 Å². The largest absolute Gasteiger partial charge is 0.418 e. The van der Waals surface area contributed by atoms with Gasteiger partial charge >= 0.3 is 12.4 Å². The number of nitrogens with zero attached hydrogens (tertiary/aromatic N) is 1. The van der Waals surface area contributed by atoms with Crippen LogP contribution in [0.5, 0.6) is 0 Å². The zero-order valence-electron chi connectivity index (χ0n) is 18.5. The first-order valence-corrected chi connectivity index (χ1v) is 11.3. The third-order valence-corrected chi connectivity index (χ3v) is 6.12. The number of alkyl halides is 6. The van der Waals surface area contributed by atoms with Gasteiger partial charge < -0.3 is 4.90 Å². The van der Waals surface area contributed by atoms with Crippen molar-refractivity contribution in [3.8, 4) is 22.3 Å². The molecule has 37 heavy (non-hydrogen) atoms. The molecule has 0 spiro atoms. The van der Waals surface area contributed by atoms with Gasteiger partial charge in [-0.05, 0) is 35.4 Å². The van der Waals surface area contributed by atoms with Crippen LogP contribution in [0.15, 0.2) is 41.3 Å². The van der Waals surface area contributed by atoms with Gasteiger partial charge in [0.05, 0.1) is 21.7 Å². The number of nitrogens with two attached hydrogens (primary N) is 1. The van der Waals surface area contributed by atoms with Crippen LogP contribution in [0.25, 0.3) is 22.3 Å². The minimum atomic E-state index is -5.44. The molecule has 0 aliphatic heterocycles. The molecule has 0 fully saturated rings. The second kappa shape index (κ2) is 9.20. The van der Waals surface area contributed by atoms with Crippen molar-refractivity contribution in [3.05, 3.63) is 70.8 Å². The van der Waals surface area contributed by atoms with Crippen molar-refractivity contribution in [1.82, 2.24) is 0 Å². The van der Waals surface area contributed by atoms with Gasteiger partial charge in [-0.1, -0.05) is 12.1 Å². The molecule has 3 aromatic carbocycles. The summed E-state index contributed by atoms with van der Waals surface area (Å²) < 4.78 is 164. The van der Waals surface area contributed by atoms with E-state index in [1.807, 2.05) is 0 Å². The van der Waals surface area contributed by atoms with Crippen molar-refractivity contribution in [2.24, 2.45) is 5.14 Å². The van der Waals surface area contributed by atoms with Crippen LogP contribution in [0.2, 0.25) is 0 Å². The highest BCUT2D eigenvalue weighted by Crippen LogP contribution is 2.48. The van der Waals surface area contributed by atoms with Crippen LogP contribution in [0.1, 0.15) is 11.1 Å². The highest BCUT2D eigenvalue weighted by Gasteiger charge is 2.43. The zero-order valence-corrected chi connectivity index (χ0v) is 19.3. The fraction of sp³-hybridized carbons (Fsp3) is 0.182. The molecule has 3 aromatic rings. The van der Waals surface area contributed by atoms with Gasteiger partial charge in [-0.2, -0.15) is 26.3 Å². The van der Waals surface area contributed by atoms with Crippen molar-refractivity contribution in [2.75, 3.05) is 19.0 Å². The van der Waals surface area contributed by atoms with Crippen LogP contribution in [0, 0.1) is 23.3 Å². The topological polar surface area (TPSA) is 63.4 Å². The monoisotopic (exact) mass is 560 g/mol. The van der Waals surface area contributed by atoms with Gasteiger partial charge in [0.25, 0.3) is 0 Å². The summed E-state index contributed by atoms with van der Waals surface area (Å²) in [4.78, 5) is -0.0554. The molecule has 0 aromatic heterocycles. The molecule has 0 unspecified atom stereocenters. The Hall–Kier alpha value is -3.33. The SMILES string of the molecule is CN(C)c1c(C(F)(F)F)cc(-c2c(F)c(F)c(F)c(F)c2-c2ccc(S(N)(=O)=O)cc2)cc1C(F)(F)F. The lowest BCUT2D eigenvalue weighted by Crippen LogP contribution is -2.22. The first kappa shape index (κ1) is 28.2. The summed E-state index contributed by atoms with van der Waals surface area (Å²) in [5, 5.41) is 4.93. The lowest BCUT2D eigenvalue weighted by molar-refractivity contribution is -0.142. The Morgan fingerprint density at radius 3 is 1.38 bits per heavy atom. The maximum atomic E-state index is 15.0. The molecule has 0 saturated heterocycles. The van der Waals surface area contributed by atoms with Crippen molar-refractivity contribution >= 4 is 15.7 Å². The van der Waals surface area contributed by atoms with E-state index < -0.39 is 89.6 Å². The van der Waals surface area contributed by atoms with Gasteiger partial charge in [0.1, 0.15) is 0 Å². The molecule has 0 atom stereocenters. The van der Waals surface area contributed by atoms with Gasteiger partial charge in [-0.15, -0.1) is 0 Å². The molecule has 4 nitrogen and oxygen atoms in total. The van der Waals surface area contributed by atoms with Crippen molar-refractivity contribution in [3.63, 3.8) is 0 Å². The smallest absolute Gasteiger partial charge is 0.377 e. The van der Waals surface area contributed by atoms with Crippen LogP contribution in [0.4, 0.5) is 49.6 Å².